The van der Waals surface area contributed by atoms with Crippen LogP contribution in [0.1, 0.15) is 6.92 Å². The Hall–Kier alpha value is -1.02. The van der Waals surface area contributed by atoms with Gasteiger partial charge in [-0.15, -0.1) is 11.6 Å². The lowest BCUT2D eigenvalue weighted by Crippen LogP contribution is -2.24. The Labute approximate surface area is 82.2 Å². The first kappa shape index (κ1) is 10.1. The second-order valence-corrected chi connectivity index (χ2v) is 3.93. The van der Waals surface area contributed by atoms with Gasteiger partial charge in [-0.2, -0.15) is 0 Å². The second-order valence-electron chi connectivity index (χ2n) is 3.12. The van der Waals surface area contributed by atoms with Crippen molar-refractivity contribution in [3.05, 3.63) is 36.5 Å². The van der Waals surface area contributed by atoms with Crippen molar-refractivity contribution in [2.75, 3.05) is 0 Å². The number of carboxylic acid groups (broad SMARTS) is 1. The topological polar surface area (TPSA) is 37.3 Å². The molecule has 2 nitrogen and oxygen atoms in total. The molecule has 2 atom stereocenters. The van der Waals surface area contributed by atoms with E-state index in [1.54, 1.807) is 6.08 Å². The minimum Gasteiger partial charge on any atom is -0.478 e. The number of halogens is 1. The molecule has 0 saturated heterocycles. The van der Waals surface area contributed by atoms with Gasteiger partial charge in [0.15, 0.2) is 0 Å². The van der Waals surface area contributed by atoms with Crippen LogP contribution in [0.4, 0.5) is 0 Å². The number of carboxylic acids is 1. The van der Waals surface area contributed by atoms with Crippen molar-refractivity contribution in [2.24, 2.45) is 5.92 Å². The number of rotatable bonds is 2. The largest absolute Gasteiger partial charge is 0.478 e. The first-order chi connectivity index (χ1) is 6.02. The quantitative estimate of drug-likeness (QED) is 0.547. The molecule has 70 valence electrons. The third-order valence-electron chi connectivity index (χ3n) is 1.95. The van der Waals surface area contributed by atoms with Crippen LogP contribution < -0.4 is 0 Å². The molecule has 0 aliphatic heterocycles. The fourth-order valence-electron chi connectivity index (χ4n) is 1.17. The van der Waals surface area contributed by atoms with Crippen LogP contribution in [0.15, 0.2) is 36.5 Å². The molecule has 0 heterocycles. The van der Waals surface area contributed by atoms with E-state index in [1.807, 2.05) is 31.2 Å². The van der Waals surface area contributed by atoms with Crippen LogP contribution in [0, 0.1) is 5.92 Å². The van der Waals surface area contributed by atoms with E-state index in [-0.39, 0.29) is 5.92 Å². The summed E-state index contributed by atoms with van der Waals surface area (Å²) in [7, 11) is 0. The van der Waals surface area contributed by atoms with Gasteiger partial charge >= 0.3 is 5.97 Å². The summed E-state index contributed by atoms with van der Waals surface area (Å²) in [6.45, 7) is 1.85. The average molecular weight is 199 g/mol. The number of allylic oxidation sites excluding steroid dienone is 5. The van der Waals surface area contributed by atoms with Gasteiger partial charge in [-0.3, -0.25) is 0 Å². The predicted octanol–water partition coefficient (Wildman–Crippen LogP) is 2.37. The molecule has 0 aromatic rings. The standard InChI is InChI=1S/C10H11ClO2/c1-10(11)7-3-2-4-8(10)5-6-9(12)13/h2-8H,1H3,(H,12,13)/b6-5+. The number of hydrogen-bond donors (Lipinski definition) is 1. The third kappa shape index (κ3) is 2.74. The molecule has 0 saturated carbocycles. The Morgan fingerprint density at radius 3 is 2.85 bits per heavy atom. The van der Waals surface area contributed by atoms with E-state index in [0.717, 1.165) is 6.08 Å². The maximum atomic E-state index is 10.3. The van der Waals surface area contributed by atoms with E-state index in [4.69, 9.17) is 16.7 Å². The highest BCUT2D eigenvalue weighted by atomic mass is 35.5. The third-order valence-corrected chi connectivity index (χ3v) is 2.33. The zero-order valence-electron chi connectivity index (χ0n) is 7.27. The molecule has 0 radical (unpaired) electrons. The summed E-state index contributed by atoms with van der Waals surface area (Å²) in [6.07, 6.45) is 10.2. The van der Waals surface area contributed by atoms with Crippen molar-refractivity contribution < 1.29 is 9.90 Å². The van der Waals surface area contributed by atoms with Crippen LogP contribution in [-0.2, 0) is 4.79 Å². The van der Waals surface area contributed by atoms with Gasteiger partial charge in [0.2, 0.25) is 0 Å². The fourth-order valence-corrected chi connectivity index (χ4v) is 1.38. The second kappa shape index (κ2) is 3.79. The highest BCUT2D eigenvalue weighted by molar-refractivity contribution is 6.25. The lowest BCUT2D eigenvalue weighted by molar-refractivity contribution is -0.131. The normalized spacial score (nSPS) is 32.6. The summed E-state index contributed by atoms with van der Waals surface area (Å²) < 4.78 is 0. The van der Waals surface area contributed by atoms with Crippen molar-refractivity contribution >= 4 is 17.6 Å². The molecule has 0 bridgehead atoms. The Balaban J connectivity index is 2.75. The lowest BCUT2D eigenvalue weighted by Gasteiger charge is -2.26. The molecule has 2 unspecified atom stereocenters. The van der Waals surface area contributed by atoms with Crippen LogP contribution in [0.25, 0.3) is 0 Å². The van der Waals surface area contributed by atoms with Crippen LogP contribution in [-0.4, -0.2) is 16.0 Å². The Morgan fingerprint density at radius 2 is 2.31 bits per heavy atom. The molecule has 1 aliphatic rings. The van der Waals surface area contributed by atoms with Crippen molar-refractivity contribution in [1.29, 1.82) is 0 Å². The van der Waals surface area contributed by atoms with E-state index in [0.29, 0.717) is 0 Å². The predicted molar refractivity (Wildman–Crippen MR) is 52.8 cm³/mol. The molecular weight excluding hydrogens is 188 g/mol. The van der Waals surface area contributed by atoms with E-state index in [1.165, 1.54) is 0 Å². The Bertz CT molecular complexity index is 287. The SMILES string of the molecule is CC1(Cl)C=CC=CC1/C=C/C(=O)O. The molecule has 0 spiro atoms. The average Bonchev–Trinajstić information content (AvgIpc) is 2.01. The number of aliphatic carboxylic acids is 1. The minimum atomic E-state index is -0.949. The molecule has 3 heteroatoms. The Morgan fingerprint density at radius 1 is 1.62 bits per heavy atom. The summed E-state index contributed by atoms with van der Waals surface area (Å²) in [5, 5.41) is 8.44. The molecule has 1 N–H and O–H groups in total. The monoisotopic (exact) mass is 198 g/mol. The number of hydrogen-bond acceptors (Lipinski definition) is 1. The molecule has 1 aliphatic carbocycles. The minimum absolute atomic E-state index is 0.0599. The van der Waals surface area contributed by atoms with Gasteiger partial charge in [0.1, 0.15) is 0 Å². The molecule has 0 amide bonds. The first-order valence-corrected chi connectivity index (χ1v) is 4.36. The molecular formula is C10H11ClO2. The van der Waals surface area contributed by atoms with Gasteiger partial charge in [0.25, 0.3) is 0 Å². The molecule has 0 fully saturated rings. The van der Waals surface area contributed by atoms with Crippen molar-refractivity contribution in [2.45, 2.75) is 11.8 Å². The summed E-state index contributed by atoms with van der Waals surface area (Å²) >= 11 is 6.14. The molecule has 0 aromatic carbocycles. The van der Waals surface area contributed by atoms with Crippen molar-refractivity contribution in [3.63, 3.8) is 0 Å². The highest BCUT2D eigenvalue weighted by Gasteiger charge is 2.26. The summed E-state index contributed by atoms with van der Waals surface area (Å²) in [5.41, 5.74) is 0. The highest BCUT2D eigenvalue weighted by Crippen LogP contribution is 2.31. The summed E-state index contributed by atoms with van der Waals surface area (Å²) in [4.78, 5) is 9.77. The van der Waals surface area contributed by atoms with E-state index < -0.39 is 10.8 Å². The van der Waals surface area contributed by atoms with Gasteiger partial charge in [-0.05, 0) is 6.92 Å². The van der Waals surface area contributed by atoms with E-state index in [9.17, 15) is 4.79 Å². The van der Waals surface area contributed by atoms with Gasteiger partial charge in [0, 0.05) is 12.0 Å². The van der Waals surface area contributed by atoms with Gasteiger partial charge < -0.3 is 5.11 Å². The van der Waals surface area contributed by atoms with Crippen molar-refractivity contribution in [3.8, 4) is 0 Å². The Kier molecular flexibility index (Phi) is 2.94. The summed E-state index contributed by atoms with van der Waals surface area (Å²) in [5.74, 6) is -1.01. The summed E-state index contributed by atoms with van der Waals surface area (Å²) in [6, 6.07) is 0. The van der Waals surface area contributed by atoms with E-state index in [2.05, 4.69) is 0 Å². The molecule has 13 heavy (non-hydrogen) atoms. The number of alkyl halides is 1. The lowest BCUT2D eigenvalue weighted by atomic mass is 9.89. The van der Waals surface area contributed by atoms with Crippen LogP contribution in [0.3, 0.4) is 0 Å². The van der Waals surface area contributed by atoms with Gasteiger partial charge in [-0.1, -0.05) is 30.4 Å². The van der Waals surface area contributed by atoms with Gasteiger partial charge in [-0.25, -0.2) is 4.79 Å². The fraction of sp³-hybridized carbons (Fsp3) is 0.300. The van der Waals surface area contributed by atoms with Crippen LogP contribution >= 0.6 is 11.6 Å². The van der Waals surface area contributed by atoms with Crippen LogP contribution in [0.2, 0.25) is 0 Å². The molecule has 1 rings (SSSR count). The molecule has 0 aromatic heterocycles. The first-order valence-electron chi connectivity index (χ1n) is 3.98. The van der Waals surface area contributed by atoms with E-state index >= 15 is 0 Å². The van der Waals surface area contributed by atoms with Crippen molar-refractivity contribution in [1.82, 2.24) is 0 Å². The maximum absolute atomic E-state index is 10.3. The smallest absolute Gasteiger partial charge is 0.327 e. The maximum Gasteiger partial charge on any atom is 0.327 e. The zero-order chi connectivity index (χ0) is 9.90. The van der Waals surface area contributed by atoms with Gasteiger partial charge in [0.05, 0.1) is 4.87 Å². The zero-order valence-corrected chi connectivity index (χ0v) is 8.03. The van der Waals surface area contributed by atoms with Crippen LogP contribution in [0.5, 0.6) is 0 Å². The number of carbonyl (C=O) groups is 1.